The Morgan fingerprint density at radius 1 is 1.37 bits per heavy atom. The highest BCUT2D eigenvalue weighted by Crippen LogP contribution is 2.21. The minimum atomic E-state index is 0.206. The summed E-state index contributed by atoms with van der Waals surface area (Å²) < 4.78 is 0. The molecule has 0 aliphatic carbocycles. The van der Waals surface area contributed by atoms with Crippen molar-refractivity contribution in [3.05, 3.63) is 34.0 Å². The van der Waals surface area contributed by atoms with E-state index in [-0.39, 0.29) is 5.06 Å². The molecule has 1 unspecified atom stereocenters. The molecule has 4 nitrogen and oxygen atoms in total. The molecule has 0 radical (unpaired) electrons. The lowest BCUT2D eigenvalue weighted by Crippen LogP contribution is -3.05. The molecule has 106 valence electrons. The number of fused-ring (bicyclic) bond motifs is 1. The molecule has 1 heterocycles. The summed E-state index contributed by atoms with van der Waals surface area (Å²) in [5.74, 6) is 0. The van der Waals surface area contributed by atoms with Gasteiger partial charge < -0.3 is 15.2 Å². The van der Waals surface area contributed by atoms with E-state index in [1.807, 2.05) is 12.1 Å². The Balaban J connectivity index is 2.00. The molecule has 0 aromatic heterocycles. The Hall–Kier alpha value is -0.650. The van der Waals surface area contributed by atoms with Crippen LogP contribution in [0.15, 0.2) is 18.2 Å². The molecular weight excluding hydrogens is 262 g/mol. The minimum Gasteiger partial charge on any atom is -0.628 e. The predicted molar refractivity (Wildman–Crippen MR) is 78.5 cm³/mol. The summed E-state index contributed by atoms with van der Waals surface area (Å²) in [5.41, 5.74) is 1.90. The zero-order valence-corrected chi connectivity index (χ0v) is 12.4. The predicted octanol–water partition coefficient (Wildman–Crippen LogP) is 1.47. The fourth-order valence-corrected chi connectivity index (χ4v) is 2.73. The largest absolute Gasteiger partial charge is 0.628 e. The van der Waals surface area contributed by atoms with Crippen LogP contribution < -0.4 is 5.06 Å². The molecule has 19 heavy (non-hydrogen) atoms. The van der Waals surface area contributed by atoms with Crippen LogP contribution >= 0.6 is 11.6 Å². The van der Waals surface area contributed by atoms with Crippen molar-refractivity contribution in [3.63, 3.8) is 0 Å². The fraction of sp³-hybridized carbons (Fsp3) is 0.571. The first-order chi connectivity index (χ1) is 9.13. The average molecular weight is 284 g/mol. The summed E-state index contributed by atoms with van der Waals surface area (Å²) in [4.78, 5) is 4.58. The first-order valence-electron chi connectivity index (χ1n) is 6.90. The SMILES string of the molecule is CCN(CC)CCN1Cc2cc(Cl)ccc2[NH+]([O-])C1. The molecule has 5 heteroatoms. The number of halogens is 1. The van der Waals surface area contributed by atoms with E-state index in [9.17, 15) is 5.21 Å². The minimum absolute atomic E-state index is 0.206. The van der Waals surface area contributed by atoms with Gasteiger partial charge in [0.15, 0.2) is 0 Å². The van der Waals surface area contributed by atoms with Gasteiger partial charge in [-0.25, -0.2) is 0 Å². The van der Waals surface area contributed by atoms with Crippen molar-refractivity contribution in [2.75, 3.05) is 32.8 Å². The summed E-state index contributed by atoms with van der Waals surface area (Å²) in [7, 11) is 0. The van der Waals surface area contributed by atoms with Crippen LogP contribution in [0.4, 0.5) is 5.69 Å². The molecule has 0 saturated heterocycles. The summed E-state index contributed by atoms with van der Waals surface area (Å²) in [6, 6.07) is 5.56. The maximum absolute atomic E-state index is 12.1. The van der Waals surface area contributed by atoms with Gasteiger partial charge >= 0.3 is 0 Å². The first kappa shape index (κ1) is 14.8. The maximum Gasteiger partial charge on any atom is 0.138 e. The van der Waals surface area contributed by atoms with E-state index in [1.165, 1.54) is 0 Å². The smallest absolute Gasteiger partial charge is 0.138 e. The Labute approximate surface area is 120 Å². The monoisotopic (exact) mass is 283 g/mol. The number of hydrogen-bond acceptors (Lipinski definition) is 3. The molecule has 0 amide bonds. The zero-order valence-electron chi connectivity index (χ0n) is 11.7. The van der Waals surface area contributed by atoms with Gasteiger partial charge in [0, 0.05) is 36.3 Å². The van der Waals surface area contributed by atoms with E-state index >= 15 is 0 Å². The third-order valence-corrected chi connectivity index (χ3v) is 3.99. The summed E-state index contributed by atoms with van der Waals surface area (Å²) in [5, 5.41) is 13.0. The van der Waals surface area contributed by atoms with E-state index in [2.05, 4.69) is 23.6 Å². The third kappa shape index (κ3) is 3.68. The Morgan fingerprint density at radius 2 is 2.11 bits per heavy atom. The fourth-order valence-electron chi connectivity index (χ4n) is 2.53. The molecule has 1 atom stereocenters. The standard InChI is InChI=1S/C14H22ClN3O/c1-3-16(4-2)7-8-17-10-12-9-13(15)5-6-14(12)18(19)11-17/h5-6,9,18H,3-4,7-8,10-11H2,1-2H3. The molecule has 0 saturated carbocycles. The van der Waals surface area contributed by atoms with Gasteiger partial charge in [-0.3, -0.25) is 4.90 Å². The second-order valence-corrected chi connectivity index (χ2v) is 5.40. The molecule has 0 spiro atoms. The lowest BCUT2D eigenvalue weighted by atomic mass is 10.1. The number of hydroxylamine groups is 1. The van der Waals surface area contributed by atoms with Gasteiger partial charge in [0.1, 0.15) is 12.4 Å². The van der Waals surface area contributed by atoms with Crippen molar-refractivity contribution in [3.8, 4) is 0 Å². The van der Waals surface area contributed by atoms with Crippen LogP contribution in [0.1, 0.15) is 19.4 Å². The molecule has 1 aromatic rings. The second-order valence-electron chi connectivity index (χ2n) is 4.96. The molecule has 2 rings (SSSR count). The van der Waals surface area contributed by atoms with Crippen LogP contribution in [0.2, 0.25) is 5.02 Å². The Morgan fingerprint density at radius 3 is 2.79 bits per heavy atom. The highest BCUT2D eigenvalue weighted by Gasteiger charge is 2.22. The van der Waals surface area contributed by atoms with Crippen molar-refractivity contribution in [1.29, 1.82) is 0 Å². The molecule has 0 fully saturated rings. The summed E-state index contributed by atoms with van der Waals surface area (Å²) in [6.07, 6.45) is 0. The van der Waals surface area contributed by atoms with E-state index in [0.29, 0.717) is 11.7 Å². The summed E-state index contributed by atoms with van der Waals surface area (Å²) in [6.45, 7) is 9.73. The number of nitrogens with zero attached hydrogens (tertiary/aromatic N) is 2. The highest BCUT2D eigenvalue weighted by molar-refractivity contribution is 6.30. The van der Waals surface area contributed by atoms with Crippen molar-refractivity contribution in [1.82, 2.24) is 9.80 Å². The van der Waals surface area contributed by atoms with Gasteiger partial charge in [-0.05, 0) is 25.2 Å². The van der Waals surface area contributed by atoms with Gasteiger partial charge in [-0.2, -0.15) is 0 Å². The highest BCUT2D eigenvalue weighted by atomic mass is 35.5. The van der Waals surface area contributed by atoms with E-state index < -0.39 is 0 Å². The van der Waals surface area contributed by atoms with Crippen LogP contribution in [0.3, 0.4) is 0 Å². The van der Waals surface area contributed by atoms with Gasteiger partial charge in [-0.1, -0.05) is 25.4 Å². The number of hydrogen-bond donors (Lipinski definition) is 1. The van der Waals surface area contributed by atoms with Gasteiger partial charge in [0.25, 0.3) is 0 Å². The topological polar surface area (TPSA) is 34.0 Å². The zero-order chi connectivity index (χ0) is 13.8. The maximum atomic E-state index is 12.1. The van der Waals surface area contributed by atoms with E-state index in [1.54, 1.807) is 6.07 Å². The number of benzene rings is 1. The van der Waals surface area contributed by atoms with Crippen molar-refractivity contribution in [2.45, 2.75) is 20.4 Å². The second kappa shape index (κ2) is 6.68. The summed E-state index contributed by atoms with van der Waals surface area (Å²) >= 11 is 6.01. The molecule has 1 aromatic carbocycles. The molecular formula is C14H22ClN3O. The number of likely N-dealkylation sites (N-methyl/N-ethyl adjacent to an activating group) is 1. The van der Waals surface area contributed by atoms with Gasteiger partial charge in [0.2, 0.25) is 0 Å². The Kier molecular flexibility index (Phi) is 5.19. The van der Waals surface area contributed by atoms with Crippen LogP contribution in [-0.2, 0) is 6.54 Å². The van der Waals surface area contributed by atoms with Crippen molar-refractivity contribution in [2.24, 2.45) is 0 Å². The molecule has 0 bridgehead atoms. The number of rotatable bonds is 5. The van der Waals surface area contributed by atoms with Crippen LogP contribution in [0.25, 0.3) is 0 Å². The van der Waals surface area contributed by atoms with Gasteiger partial charge in [-0.15, -0.1) is 0 Å². The van der Waals surface area contributed by atoms with Crippen LogP contribution in [0, 0.1) is 5.21 Å². The quantitative estimate of drug-likeness (QED) is 0.831. The third-order valence-electron chi connectivity index (χ3n) is 3.76. The molecule has 1 N–H and O–H groups in total. The molecule has 1 aliphatic rings. The number of nitrogens with one attached hydrogen (secondary N) is 1. The lowest BCUT2D eigenvalue weighted by molar-refractivity contribution is -0.794. The van der Waals surface area contributed by atoms with Crippen molar-refractivity contribution < 1.29 is 5.06 Å². The van der Waals surface area contributed by atoms with Crippen LogP contribution in [-0.4, -0.2) is 42.6 Å². The first-order valence-corrected chi connectivity index (χ1v) is 7.28. The van der Waals surface area contributed by atoms with E-state index in [4.69, 9.17) is 11.6 Å². The van der Waals surface area contributed by atoms with Crippen LogP contribution in [0.5, 0.6) is 0 Å². The normalized spacial score (nSPS) is 19.7. The Bertz CT molecular complexity index is 423. The number of quaternary nitrogens is 1. The van der Waals surface area contributed by atoms with Crippen molar-refractivity contribution >= 4 is 17.3 Å². The molecule has 1 aliphatic heterocycles. The van der Waals surface area contributed by atoms with E-state index in [0.717, 1.165) is 44.0 Å². The average Bonchev–Trinajstić information content (AvgIpc) is 2.39. The lowest BCUT2D eigenvalue weighted by Gasteiger charge is -2.36. The van der Waals surface area contributed by atoms with Gasteiger partial charge in [0.05, 0.1) is 0 Å².